The average Bonchev–Trinajstić information content (AvgIpc) is 3.11. The second kappa shape index (κ2) is 8.33. The quantitative estimate of drug-likeness (QED) is 0.476. The molecule has 3 heterocycles. The molecule has 0 aliphatic carbocycles. The fraction of sp³-hybridized carbons (Fsp3) is 0.250. The summed E-state index contributed by atoms with van der Waals surface area (Å²) in [6.07, 6.45) is 3.39. The second-order valence-corrected chi connectivity index (χ2v) is 8.59. The Bertz CT molecular complexity index is 1280. The summed E-state index contributed by atoms with van der Waals surface area (Å²) in [4.78, 5) is 13.8. The first-order chi connectivity index (χ1) is 15.5. The van der Waals surface area contributed by atoms with E-state index in [1.54, 1.807) is 23.0 Å². The Labute approximate surface area is 191 Å². The number of rotatable bonds is 4. The van der Waals surface area contributed by atoms with Crippen molar-refractivity contribution in [2.24, 2.45) is 0 Å². The summed E-state index contributed by atoms with van der Waals surface area (Å²) in [5.41, 5.74) is 4.72. The summed E-state index contributed by atoms with van der Waals surface area (Å²) in [6.45, 7) is 6.36. The molecule has 2 aromatic heterocycles. The minimum absolute atomic E-state index is 0.0621. The lowest BCUT2D eigenvalue weighted by Crippen LogP contribution is -2.44. The maximum atomic E-state index is 10.7. The van der Waals surface area contributed by atoms with Gasteiger partial charge in [0.25, 0.3) is 0 Å². The van der Waals surface area contributed by atoms with E-state index in [1.165, 1.54) is 11.3 Å². The van der Waals surface area contributed by atoms with E-state index >= 15 is 0 Å². The molecule has 0 amide bonds. The van der Waals surface area contributed by atoms with E-state index in [0.717, 1.165) is 31.9 Å². The number of hydrogen-bond acceptors (Lipinski definition) is 6. The van der Waals surface area contributed by atoms with E-state index in [0.29, 0.717) is 27.6 Å². The maximum Gasteiger partial charge on any atom is 0.227 e. The summed E-state index contributed by atoms with van der Waals surface area (Å²) < 4.78 is 1.63. The lowest BCUT2D eigenvalue weighted by molar-refractivity contribution is 0.312. The van der Waals surface area contributed by atoms with Gasteiger partial charge in [-0.25, -0.2) is 9.97 Å². The van der Waals surface area contributed by atoms with Crippen LogP contribution in [0.3, 0.4) is 0 Å². The Morgan fingerprint density at radius 2 is 1.81 bits per heavy atom. The molecule has 2 N–H and O–H groups in total. The van der Waals surface area contributed by atoms with Crippen LogP contribution >= 0.6 is 11.6 Å². The Hall–Kier alpha value is -3.29. The van der Waals surface area contributed by atoms with Crippen LogP contribution in [0.25, 0.3) is 16.6 Å². The van der Waals surface area contributed by atoms with Gasteiger partial charge in [0.15, 0.2) is 0 Å². The van der Waals surface area contributed by atoms with E-state index < -0.39 is 0 Å². The molecule has 0 unspecified atom stereocenters. The number of likely N-dealkylation sites (N-methyl/N-ethyl adjacent to an activating group) is 1. The van der Waals surface area contributed by atoms with Gasteiger partial charge >= 0.3 is 0 Å². The first kappa shape index (κ1) is 20.6. The molecule has 32 heavy (non-hydrogen) atoms. The number of nitrogens with zero attached hydrogens (tertiary/aromatic N) is 5. The van der Waals surface area contributed by atoms with Crippen molar-refractivity contribution in [1.29, 1.82) is 0 Å². The summed E-state index contributed by atoms with van der Waals surface area (Å²) in [5, 5.41) is 15.1. The number of nitrogens with one attached hydrogen (secondary N) is 1. The molecule has 2 aromatic carbocycles. The third-order valence-electron chi connectivity index (χ3n) is 5.95. The van der Waals surface area contributed by atoms with Crippen LogP contribution < -0.4 is 10.2 Å². The lowest BCUT2D eigenvalue weighted by Gasteiger charge is -2.35. The van der Waals surface area contributed by atoms with Crippen molar-refractivity contribution >= 4 is 39.8 Å². The summed E-state index contributed by atoms with van der Waals surface area (Å²) >= 11 is 6.30. The van der Waals surface area contributed by atoms with Crippen LogP contribution in [0.2, 0.25) is 5.02 Å². The standard InChI is InChI=1S/C24H25ClN6O/c1-16-13-17(7-8-21(16)30-11-9-29(2)10-12-30)27-24-26-14-18-20(28-24)15-31(23(18)32)22-6-4-3-5-19(22)25/h3-8,13-15,32H,9-12H2,1-2H3,(H,27,28). The highest BCUT2D eigenvalue weighted by molar-refractivity contribution is 6.32. The molecule has 4 aromatic rings. The van der Waals surface area contributed by atoms with Gasteiger partial charge in [-0.1, -0.05) is 23.7 Å². The highest BCUT2D eigenvalue weighted by Gasteiger charge is 2.17. The van der Waals surface area contributed by atoms with Crippen LogP contribution in [0.4, 0.5) is 17.3 Å². The number of piperazine rings is 1. The zero-order chi connectivity index (χ0) is 22.2. The van der Waals surface area contributed by atoms with Gasteiger partial charge in [-0.15, -0.1) is 0 Å². The summed E-state index contributed by atoms with van der Waals surface area (Å²) in [6, 6.07) is 13.7. The van der Waals surface area contributed by atoms with Crippen molar-refractivity contribution in [1.82, 2.24) is 19.4 Å². The van der Waals surface area contributed by atoms with E-state index in [2.05, 4.69) is 57.3 Å². The number of para-hydroxylation sites is 1. The number of aromatic hydroxyl groups is 1. The monoisotopic (exact) mass is 448 g/mol. The van der Waals surface area contributed by atoms with Crippen molar-refractivity contribution in [3.63, 3.8) is 0 Å². The predicted molar refractivity (Wildman–Crippen MR) is 130 cm³/mol. The van der Waals surface area contributed by atoms with E-state index in [9.17, 15) is 5.11 Å². The fourth-order valence-corrected chi connectivity index (χ4v) is 4.36. The van der Waals surface area contributed by atoms with E-state index in [1.807, 2.05) is 18.2 Å². The summed E-state index contributed by atoms with van der Waals surface area (Å²) in [5.74, 6) is 0.535. The van der Waals surface area contributed by atoms with Gasteiger partial charge in [0, 0.05) is 49.9 Å². The first-order valence-electron chi connectivity index (χ1n) is 10.6. The normalized spacial score (nSPS) is 14.8. The zero-order valence-electron chi connectivity index (χ0n) is 18.1. The molecule has 0 saturated carbocycles. The van der Waals surface area contributed by atoms with E-state index in [4.69, 9.17) is 11.6 Å². The van der Waals surface area contributed by atoms with Crippen molar-refractivity contribution < 1.29 is 5.11 Å². The van der Waals surface area contributed by atoms with Crippen LogP contribution in [-0.4, -0.2) is 57.8 Å². The molecule has 0 spiro atoms. The van der Waals surface area contributed by atoms with Gasteiger partial charge in [0.05, 0.1) is 21.6 Å². The zero-order valence-corrected chi connectivity index (χ0v) is 18.8. The highest BCUT2D eigenvalue weighted by atomic mass is 35.5. The number of anilines is 3. The van der Waals surface area contributed by atoms with Gasteiger partial charge in [-0.05, 0) is 49.9 Å². The van der Waals surface area contributed by atoms with Crippen LogP contribution in [0.1, 0.15) is 5.56 Å². The van der Waals surface area contributed by atoms with Gasteiger partial charge in [0.1, 0.15) is 0 Å². The van der Waals surface area contributed by atoms with Crippen molar-refractivity contribution in [2.45, 2.75) is 6.92 Å². The molecule has 5 rings (SSSR count). The van der Waals surface area contributed by atoms with Gasteiger partial charge < -0.3 is 20.2 Å². The molecule has 1 aliphatic rings. The minimum atomic E-state index is 0.0621. The maximum absolute atomic E-state index is 10.7. The predicted octanol–water partition coefficient (Wildman–Crippen LogP) is 4.58. The second-order valence-electron chi connectivity index (χ2n) is 8.18. The molecule has 0 atom stereocenters. The summed E-state index contributed by atoms with van der Waals surface area (Å²) in [7, 11) is 2.16. The smallest absolute Gasteiger partial charge is 0.227 e. The van der Waals surface area contributed by atoms with Gasteiger partial charge in [-0.3, -0.25) is 4.57 Å². The number of halogens is 1. The molecular formula is C24H25ClN6O. The molecule has 1 saturated heterocycles. The Morgan fingerprint density at radius 3 is 2.56 bits per heavy atom. The number of fused-ring (bicyclic) bond motifs is 1. The number of aromatic nitrogens is 3. The highest BCUT2D eigenvalue weighted by Crippen LogP contribution is 2.32. The largest absolute Gasteiger partial charge is 0.494 e. The fourth-order valence-electron chi connectivity index (χ4n) is 4.13. The average molecular weight is 449 g/mol. The van der Waals surface area contributed by atoms with Crippen molar-refractivity contribution in [3.8, 4) is 11.6 Å². The lowest BCUT2D eigenvalue weighted by atomic mass is 10.1. The third-order valence-corrected chi connectivity index (χ3v) is 6.27. The first-order valence-corrected chi connectivity index (χ1v) is 11.0. The number of aryl methyl sites for hydroxylation is 1. The van der Waals surface area contributed by atoms with Crippen molar-refractivity contribution in [2.75, 3.05) is 43.4 Å². The van der Waals surface area contributed by atoms with Crippen LogP contribution in [-0.2, 0) is 0 Å². The molecule has 0 bridgehead atoms. The van der Waals surface area contributed by atoms with Crippen LogP contribution in [0.5, 0.6) is 5.88 Å². The van der Waals surface area contributed by atoms with Crippen molar-refractivity contribution in [3.05, 3.63) is 65.4 Å². The molecular weight excluding hydrogens is 424 g/mol. The Kier molecular flexibility index (Phi) is 5.36. The van der Waals surface area contributed by atoms with E-state index in [-0.39, 0.29) is 5.88 Å². The molecule has 164 valence electrons. The molecule has 8 heteroatoms. The Balaban J connectivity index is 1.40. The Morgan fingerprint density at radius 1 is 1.03 bits per heavy atom. The molecule has 0 radical (unpaired) electrons. The van der Waals surface area contributed by atoms with Crippen LogP contribution in [0, 0.1) is 6.92 Å². The molecule has 1 aliphatic heterocycles. The van der Waals surface area contributed by atoms with Gasteiger partial charge in [-0.2, -0.15) is 0 Å². The number of hydrogen-bond donors (Lipinski definition) is 2. The third kappa shape index (κ3) is 3.85. The van der Waals surface area contributed by atoms with Gasteiger partial charge in [0.2, 0.25) is 11.8 Å². The number of benzene rings is 2. The molecule has 1 fully saturated rings. The SMILES string of the molecule is Cc1cc(Nc2ncc3c(O)n(-c4ccccc4Cl)cc3n2)ccc1N1CCN(C)CC1. The minimum Gasteiger partial charge on any atom is -0.494 e. The van der Waals surface area contributed by atoms with Crippen LogP contribution in [0.15, 0.2) is 54.9 Å². The molecule has 7 nitrogen and oxygen atoms in total. The topological polar surface area (TPSA) is 69.5 Å².